The zero-order valence-electron chi connectivity index (χ0n) is 17.5. The number of nitrogens with zero attached hydrogens (tertiary/aromatic N) is 2. The lowest BCUT2D eigenvalue weighted by Crippen LogP contribution is -2.39. The third-order valence-electron chi connectivity index (χ3n) is 5.80. The molecule has 0 saturated carbocycles. The van der Waals surface area contributed by atoms with E-state index in [-0.39, 0.29) is 11.8 Å². The van der Waals surface area contributed by atoms with Crippen LogP contribution in [0.15, 0.2) is 72.8 Å². The number of amides is 1. The van der Waals surface area contributed by atoms with E-state index in [1.54, 1.807) is 7.11 Å². The SMILES string of the molecule is COc1cccc(-c2cccc([C@@H]3CCCN(C(=O)CCc4ccccc4)C3)n2)c1. The molecule has 0 bridgehead atoms. The highest BCUT2D eigenvalue weighted by atomic mass is 16.5. The van der Waals surface area contributed by atoms with Crippen molar-refractivity contribution in [2.75, 3.05) is 20.2 Å². The Labute approximate surface area is 178 Å². The molecule has 0 N–H and O–H groups in total. The van der Waals surface area contributed by atoms with Gasteiger partial charge in [-0.2, -0.15) is 0 Å². The molecule has 1 atom stereocenters. The van der Waals surface area contributed by atoms with Gasteiger partial charge in [0.15, 0.2) is 0 Å². The van der Waals surface area contributed by atoms with Gasteiger partial charge in [0.2, 0.25) is 5.91 Å². The van der Waals surface area contributed by atoms with Crippen LogP contribution in [0.2, 0.25) is 0 Å². The first kappa shape index (κ1) is 20.1. The second-order valence-corrected chi connectivity index (χ2v) is 7.84. The molecular formula is C26H28N2O2. The summed E-state index contributed by atoms with van der Waals surface area (Å²) in [5.74, 6) is 1.35. The summed E-state index contributed by atoms with van der Waals surface area (Å²) in [6.45, 7) is 1.60. The van der Waals surface area contributed by atoms with Crippen LogP contribution in [-0.2, 0) is 11.2 Å². The van der Waals surface area contributed by atoms with E-state index in [0.29, 0.717) is 6.42 Å². The Morgan fingerprint density at radius 1 is 1.07 bits per heavy atom. The molecule has 4 rings (SSSR count). The number of carbonyl (C=O) groups excluding carboxylic acids is 1. The highest BCUT2D eigenvalue weighted by Crippen LogP contribution is 2.29. The Kier molecular flexibility index (Phi) is 6.43. The van der Waals surface area contributed by atoms with Crippen molar-refractivity contribution in [3.63, 3.8) is 0 Å². The van der Waals surface area contributed by atoms with Gasteiger partial charge in [-0.15, -0.1) is 0 Å². The normalized spacial score (nSPS) is 16.3. The zero-order valence-corrected chi connectivity index (χ0v) is 17.5. The lowest BCUT2D eigenvalue weighted by atomic mass is 9.93. The van der Waals surface area contributed by atoms with Crippen molar-refractivity contribution in [2.45, 2.75) is 31.6 Å². The van der Waals surface area contributed by atoms with Gasteiger partial charge in [0.1, 0.15) is 5.75 Å². The van der Waals surface area contributed by atoms with E-state index >= 15 is 0 Å². The van der Waals surface area contributed by atoms with E-state index in [9.17, 15) is 4.79 Å². The van der Waals surface area contributed by atoms with Crippen LogP contribution in [0.3, 0.4) is 0 Å². The average molecular weight is 401 g/mol. The van der Waals surface area contributed by atoms with Gasteiger partial charge in [0, 0.05) is 36.7 Å². The molecule has 154 valence electrons. The maximum absolute atomic E-state index is 12.8. The molecule has 4 nitrogen and oxygen atoms in total. The van der Waals surface area contributed by atoms with Crippen LogP contribution in [0, 0.1) is 0 Å². The summed E-state index contributed by atoms with van der Waals surface area (Å²) in [7, 11) is 1.67. The van der Waals surface area contributed by atoms with Gasteiger partial charge in [-0.1, -0.05) is 48.5 Å². The van der Waals surface area contributed by atoms with Gasteiger partial charge in [0.05, 0.1) is 12.8 Å². The van der Waals surface area contributed by atoms with Crippen molar-refractivity contribution in [2.24, 2.45) is 0 Å². The first-order valence-corrected chi connectivity index (χ1v) is 10.7. The molecule has 1 saturated heterocycles. The lowest BCUT2D eigenvalue weighted by molar-refractivity contribution is -0.132. The third-order valence-corrected chi connectivity index (χ3v) is 5.80. The molecule has 3 aromatic rings. The van der Waals surface area contributed by atoms with Gasteiger partial charge in [-0.25, -0.2) is 0 Å². The number of hydrogen-bond donors (Lipinski definition) is 0. The van der Waals surface area contributed by atoms with Crippen LogP contribution in [0.1, 0.15) is 36.4 Å². The van der Waals surface area contributed by atoms with Crippen LogP contribution in [-0.4, -0.2) is 36.0 Å². The molecule has 0 radical (unpaired) electrons. The molecule has 1 aliphatic heterocycles. The first-order chi connectivity index (χ1) is 14.7. The number of likely N-dealkylation sites (tertiary alicyclic amines) is 1. The number of carbonyl (C=O) groups is 1. The molecule has 4 heteroatoms. The number of benzene rings is 2. The molecule has 0 unspecified atom stereocenters. The molecule has 2 heterocycles. The number of pyridine rings is 1. The van der Waals surface area contributed by atoms with Gasteiger partial charge in [-0.3, -0.25) is 9.78 Å². The van der Waals surface area contributed by atoms with Gasteiger partial charge in [-0.05, 0) is 49.1 Å². The fourth-order valence-electron chi connectivity index (χ4n) is 4.12. The molecule has 1 fully saturated rings. The minimum absolute atomic E-state index is 0.243. The summed E-state index contributed by atoms with van der Waals surface area (Å²) in [6, 6.07) is 24.4. The maximum atomic E-state index is 12.8. The largest absolute Gasteiger partial charge is 0.497 e. The summed E-state index contributed by atoms with van der Waals surface area (Å²) in [4.78, 5) is 19.8. The number of methoxy groups -OCH3 is 1. The summed E-state index contributed by atoms with van der Waals surface area (Å²) in [6.07, 6.45) is 3.45. The molecule has 30 heavy (non-hydrogen) atoms. The lowest BCUT2D eigenvalue weighted by Gasteiger charge is -2.32. The van der Waals surface area contributed by atoms with Crippen molar-refractivity contribution in [3.05, 3.63) is 84.1 Å². The standard InChI is InChI=1S/C26H28N2O2/c1-30-23-12-5-10-21(18-23)24-13-6-14-25(27-24)22-11-7-17-28(19-22)26(29)16-15-20-8-3-2-4-9-20/h2-6,8-10,12-14,18,22H,7,11,15-17,19H2,1H3/t22-/m1/s1. The summed E-state index contributed by atoms with van der Waals surface area (Å²) < 4.78 is 5.35. The van der Waals surface area contributed by atoms with E-state index in [1.807, 2.05) is 47.4 Å². The number of ether oxygens (including phenoxy) is 1. The molecule has 1 amide bonds. The highest BCUT2D eigenvalue weighted by Gasteiger charge is 2.25. The number of hydrogen-bond acceptors (Lipinski definition) is 3. The van der Waals surface area contributed by atoms with Crippen LogP contribution in [0.25, 0.3) is 11.3 Å². The van der Waals surface area contributed by atoms with Crippen LogP contribution >= 0.6 is 0 Å². The topological polar surface area (TPSA) is 42.4 Å². The van der Waals surface area contributed by atoms with E-state index in [1.165, 1.54) is 5.56 Å². The predicted octanol–water partition coefficient (Wildman–Crippen LogP) is 5.10. The van der Waals surface area contributed by atoms with E-state index < -0.39 is 0 Å². The molecule has 0 aliphatic carbocycles. The van der Waals surface area contributed by atoms with Gasteiger partial charge >= 0.3 is 0 Å². The van der Waals surface area contributed by atoms with Gasteiger partial charge < -0.3 is 9.64 Å². The molecule has 2 aromatic carbocycles. The van der Waals surface area contributed by atoms with Crippen LogP contribution in [0.4, 0.5) is 0 Å². The second kappa shape index (κ2) is 9.57. The van der Waals surface area contributed by atoms with Crippen LogP contribution < -0.4 is 4.74 Å². The minimum Gasteiger partial charge on any atom is -0.497 e. The van der Waals surface area contributed by atoms with Crippen molar-refractivity contribution in [1.82, 2.24) is 9.88 Å². The average Bonchev–Trinajstić information content (AvgIpc) is 2.83. The van der Waals surface area contributed by atoms with Crippen molar-refractivity contribution in [3.8, 4) is 17.0 Å². The van der Waals surface area contributed by atoms with E-state index in [2.05, 4.69) is 30.3 Å². The predicted molar refractivity (Wildman–Crippen MR) is 120 cm³/mol. The van der Waals surface area contributed by atoms with E-state index in [4.69, 9.17) is 9.72 Å². The molecule has 1 aliphatic rings. The minimum atomic E-state index is 0.243. The first-order valence-electron chi connectivity index (χ1n) is 10.7. The molecular weight excluding hydrogens is 372 g/mol. The number of rotatable bonds is 6. The zero-order chi connectivity index (χ0) is 20.8. The Balaban J connectivity index is 1.43. The van der Waals surface area contributed by atoms with Crippen molar-refractivity contribution < 1.29 is 9.53 Å². The Bertz CT molecular complexity index is 987. The van der Waals surface area contributed by atoms with E-state index in [0.717, 1.165) is 55.1 Å². The fraction of sp³-hybridized carbons (Fsp3) is 0.308. The Morgan fingerprint density at radius 2 is 1.90 bits per heavy atom. The monoisotopic (exact) mass is 400 g/mol. The summed E-state index contributed by atoms with van der Waals surface area (Å²) >= 11 is 0. The smallest absolute Gasteiger partial charge is 0.222 e. The molecule has 1 aromatic heterocycles. The second-order valence-electron chi connectivity index (χ2n) is 7.84. The Hall–Kier alpha value is -3.14. The quantitative estimate of drug-likeness (QED) is 0.578. The molecule has 0 spiro atoms. The van der Waals surface area contributed by atoms with Gasteiger partial charge in [0.25, 0.3) is 0 Å². The highest BCUT2D eigenvalue weighted by molar-refractivity contribution is 5.76. The Morgan fingerprint density at radius 3 is 2.73 bits per heavy atom. The van der Waals surface area contributed by atoms with Crippen LogP contribution in [0.5, 0.6) is 5.75 Å². The van der Waals surface area contributed by atoms with Crippen molar-refractivity contribution >= 4 is 5.91 Å². The number of aromatic nitrogens is 1. The number of piperidine rings is 1. The summed E-state index contributed by atoms with van der Waals surface area (Å²) in [5, 5.41) is 0. The summed E-state index contributed by atoms with van der Waals surface area (Å²) in [5.41, 5.74) is 4.27. The third kappa shape index (κ3) is 4.88. The maximum Gasteiger partial charge on any atom is 0.222 e. The fourth-order valence-corrected chi connectivity index (χ4v) is 4.12. The van der Waals surface area contributed by atoms with Crippen molar-refractivity contribution in [1.29, 1.82) is 0 Å². The number of aryl methyl sites for hydroxylation is 1.